The maximum absolute atomic E-state index is 8.85. The van der Waals surface area contributed by atoms with Crippen LogP contribution in [0.15, 0.2) is 46.6 Å². The summed E-state index contributed by atoms with van der Waals surface area (Å²) in [6.07, 6.45) is 1.61. The van der Waals surface area contributed by atoms with Crippen molar-refractivity contribution < 1.29 is 0 Å². The number of hydrogen-bond donors (Lipinski definition) is 1. The number of rotatable bonds is 3. The largest absolute Gasteiger partial charge is 0.369 e. The molecule has 5 nitrogen and oxygen atoms in total. The van der Waals surface area contributed by atoms with Crippen molar-refractivity contribution in [3.63, 3.8) is 0 Å². The van der Waals surface area contributed by atoms with Gasteiger partial charge in [-0.2, -0.15) is 5.26 Å². The molecule has 2 aromatic rings. The topological polar surface area (TPSA) is 64.8 Å². The third-order valence-corrected chi connectivity index (χ3v) is 4.16. The zero-order valence-corrected chi connectivity index (χ0v) is 12.3. The predicted octanol–water partition coefficient (Wildman–Crippen LogP) is 1.91. The Morgan fingerprint density at radius 2 is 1.90 bits per heavy atom. The summed E-state index contributed by atoms with van der Waals surface area (Å²) >= 11 is 1.47. The maximum atomic E-state index is 8.85. The molecule has 106 valence electrons. The molecule has 1 aromatic heterocycles. The molecule has 3 rings (SSSR count). The lowest BCUT2D eigenvalue weighted by atomic mass is 10.2. The fraction of sp³-hybridized carbons (Fsp3) is 0.267. The van der Waals surface area contributed by atoms with E-state index in [0.29, 0.717) is 10.9 Å². The van der Waals surface area contributed by atoms with Crippen molar-refractivity contribution in [3.05, 3.63) is 42.2 Å². The lowest BCUT2D eigenvalue weighted by Crippen LogP contribution is -2.43. The third-order valence-electron chi connectivity index (χ3n) is 3.28. The van der Waals surface area contributed by atoms with E-state index in [-0.39, 0.29) is 0 Å². The van der Waals surface area contributed by atoms with Crippen LogP contribution in [0.5, 0.6) is 0 Å². The molecule has 1 aliphatic heterocycles. The Kier molecular flexibility index (Phi) is 4.34. The molecule has 6 heteroatoms. The summed E-state index contributed by atoms with van der Waals surface area (Å²) in [6.45, 7) is 4.15. The number of hydrogen-bond acceptors (Lipinski definition) is 6. The van der Waals surface area contributed by atoms with Crippen LogP contribution in [0.2, 0.25) is 0 Å². The van der Waals surface area contributed by atoms with Crippen LogP contribution < -0.4 is 10.2 Å². The zero-order chi connectivity index (χ0) is 14.5. The van der Waals surface area contributed by atoms with Crippen LogP contribution in [0.3, 0.4) is 0 Å². The molecule has 0 unspecified atom stereocenters. The Morgan fingerprint density at radius 1 is 1.14 bits per heavy atom. The molecule has 0 radical (unpaired) electrons. The molecule has 1 aliphatic rings. The lowest BCUT2D eigenvalue weighted by molar-refractivity contribution is 0.589. The van der Waals surface area contributed by atoms with E-state index in [9.17, 15) is 0 Å². The summed E-state index contributed by atoms with van der Waals surface area (Å²) in [7, 11) is 0. The molecule has 21 heavy (non-hydrogen) atoms. The minimum absolute atomic E-state index is 0.393. The van der Waals surface area contributed by atoms with E-state index in [4.69, 9.17) is 5.26 Å². The minimum Gasteiger partial charge on any atom is -0.369 e. The smallest absolute Gasteiger partial charge is 0.193 e. The van der Waals surface area contributed by atoms with E-state index in [1.165, 1.54) is 17.4 Å². The van der Waals surface area contributed by atoms with Crippen LogP contribution >= 0.6 is 11.8 Å². The van der Waals surface area contributed by atoms with Crippen molar-refractivity contribution in [1.29, 1.82) is 5.26 Å². The molecule has 0 amide bonds. The van der Waals surface area contributed by atoms with Gasteiger partial charge < -0.3 is 10.2 Å². The Labute approximate surface area is 128 Å². The molecule has 0 saturated carbocycles. The van der Waals surface area contributed by atoms with Gasteiger partial charge in [0.05, 0.1) is 0 Å². The van der Waals surface area contributed by atoms with Gasteiger partial charge in [-0.3, -0.25) is 0 Å². The van der Waals surface area contributed by atoms with Crippen LogP contribution in [0.4, 0.5) is 5.69 Å². The van der Waals surface area contributed by atoms with E-state index < -0.39 is 0 Å². The highest BCUT2D eigenvalue weighted by Gasteiger charge is 2.10. The van der Waals surface area contributed by atoms with Crippen molar-refractivity contribution >= 4 is 17.4 Å². The van der Waals surface area contributed by atoms with Crippen LogP contribution in [0.25, 0.3) is 0 Å². The number of anilines is 1. The number of piperazine rings is 1. The number of nitriles is 1. The third kappa shape index (κ3) is 3.51. The Balaban J connectivity index is 1.70. The van der Waals surface area contributed by atoms with E-state index in [1.54, 1.807) is 12.3 Å². The molecule has 0 spiro atoms. The quantitative estimate of drug-likeness (QED) is 0.873. The van der Waals surface area contributed by atoms with Gasteiger partial charge in [0, 0.05) is 43.0 Å². The standard InChI is InChI=1S/C15H15N5S/c16-11-12-5-6-18-15(19-12)21-14-3-1-13(2-4-14)20-9-7-17-8-10-20/h1-6,17H,7-10H2. The summed E-state index contributed by atoms with van der Waals surface area (Å²) < 4.78 is 0. The molecular formula is C15H15N5S. The zero-order valence-electron chi connectivity index (χ0n) is 11.5. The van der Waals surface area contributed by atoms with Crippen molar-refractivity contribution in [1.82, 2.24) is 15.3 Å². The van der Waals surface area contributed by atoms with Gasteiger partial charge in [0.1, 0.15) is 11.8 Å². The van der Waals surface area contributed by atoms with E-state index in [1.807, 2.05) is 6.07 Å². The van der Waals surface area contributed by atoms with Gasteiger partial charge in [0.2, 0.25) is 0 Å². The average Bonchev–Trinajstić information content (AvgIpc) is 2.56. The highest BCUT2D eigenvalue weighted by Crippen LogP contribution is 2.26. The van der Waals surface area contributed by atoms with Gasteiger partial charge in [0.25, 0.3) is 0 Å². The van der Waals surface area contributed by atoms with Gasteiger partial charge in [-0.1, -0.05) is 0 Å². The molecule has 1 N–H and O–H groups in total. The summed E-state index contributed by atoms with van der Waals surface area (Å²) in [5, 5.41) is 12.8. The van der Waals surface area contributed by atoms with Crippen LogP contribution in [-0.2, 0) is 0 Å². The molecule has 1 fully saturated rings. The van der Waals surface area contributed by atoms with Crippen molar-refractivity contribution in [2.75, 3.05) is 31.1 Å². The molecule has 0 bridgehead atoms. The molecule has 0 atom stereocenters. The molecular weight excluding hydrogens is 282 g/mol. The first-order valence-electron chi connectivity index (χ1n) is 6.82. The fourth-order valence-electron chi connectivity index (χ4n) is 2.21. The second-order valence-corrected chi connectivity index (χ2v) is 5.71. The number of nitrogens with zero attached hydrogens (tertiary/aromatic N) is 4. The summed E-state index contributed by atoms with van der Waals surface area (Å²) in [4.78, 5) is 11.8. The molecule has 1 aromatic carbocycles. The first-order chi connectivity index (χ1) is 10.3. The molecule has 1 saturated heterocycles. The monoisotopic (exact) mass is 297 g/mol. The minimum atomic E-state index is 0.393. The van der Waals surface area contributed by atoms with Crippen LogP contribution in [-0.4, -0.2) is 36.1 Å². The summed E-state index contributed by atoms with van der Waals surface area (Å²) in [5.74, 6) is 0. The highest BCUT2D eigenvalue weighted by molar-refractivity contribution is 7.99. The maximum Gasteiger partial charge on any atom is 0.193 e. The highest BCUT2D eigenvalue weighted by atomic mass is 32.2. The van der Waals surface area contributed by atoms with E-state index >= 15 is 0 Å². The summed E-state index contributed by atoms with van der Waals surface area (Å²) in [6, 6.07) is 12.0. The number of benzene rings is 1. The van der Waals surface area contributed by atoms with Gasteiger partial charge in [-0.25, -0.2) is 9.97 Å². The summed E-state index contributed by atoms with van der Waals surface area (Å²) in [5.41, 5.74) is 1.64. The molecule has 2 heterocycles. The first kappa shape index (κ1) is 13.9. The fourth-order valence-corrected chi connectivity index (χ4v) is 2.95. The van der Waals surface area contributed by atoms with Crippen LogP contribution in [0, 0.1) is 11.3 Å². The number of nitrogens with one attached hydrogen (secondary N) is 1. The predicted molar refractivity (Wildman–Crippen MR) is 82.4 cm³/mol. The van der Waals surface area contributed by atoms with Crippen LogP contribution in [0.1, 0.15) is 5.69 Å². The Morgan fingerprint density at radius 3 is 2.62 bits per heavy atom. The van der Waals surface area contributed by atoms with E-state index in [0.717, 1.165) is 31.1 Å². The second kappa shape index (κ2) is 6.57. The van der Waals surface area contributed by atoms with Gasteiger partial charge >= 0.3 is 0 Å². The van der Waals surface area contributed by atoms with Crippen molar-refractivity contribution in [2.45, 2.75) is 10.1 Å². The van der Waals surface area contributed by atoms with Crippen molar-refractivity contribution in [2.24, 2.45) is 0 Å². The normalized spacial score (nSPS) is 14.7. The Bertz CT molecular complexity index is 644. The van der Waals surface area contributed by atoms with E-state index in [2.05, 4.69) is 44.5 Å². The second-order valence-electron chi connectivity index (χ2n) is 4.67. The van der Waals surface area contributed by atoms with Gasteiger partial charge in [-0.15, -0.1) is 0 Å². The SMILES string of the molecule is N#Cc1ccnc(Sc2ccc(N3CCNCC3)cc2)n1. The van der Waals surface area contributed by atoms with Crippen molar-refractivity contribution in [3.8, 4) is 6.07 Å². The lowest BCUT2D eigenvalue weighted by Gasteiger charge is -2.29. The van der Waals surface area contributed by atoms with Gasteiger partial charge in [0.15, 0.2) is 5.16 Å². The number of aromatic nitrogens is 2. The first-order valence-corrected chi connectivity index (χ1v) is 7.63. The van der Waals surface area contributed by atoms with Gasteiger partial charge in [-0.05, 0) is 42.1 Å². The molecule has 0 aliphatic carbocycles. The average molecular weight is 297 g/mol. The Hall–Kier alpha value is -2.10.